The standard InChI is InChI=1S/C15H26N4O2/c1-4-19-14(16-17-15(19)21)12-7-9-18(10-8-12)13(20)6-5-11(2)3/h11-12H,4-10H2,1-3H3,(H,17,21). The minimum atomic E-state index is -0.136. The van der Waals surface area contributed by atoms with Gasteiger partial charge in [-0.3, -0.25) is 9.36 Å². The van der Waals surface area contributed by atoms with E-state index in [4.69, 9.17) is 0 Å². The number of H-pyrrole nitrogens is 1. The minimum Gasteiger partial charge on any atom is -0.343 e. The molecule has 1 fully saturated rings. The van der Waals surface area contributed by atoms with Gasteiger partial charge in [0, 0.05) is 32.0 Å². The third-order valence-electron chi connectivity index (χ3n) is 4.25. The minimum absolute atomic E-state index is 0.136. The molecular weight excluding hydrogens is 268 g/mol. The summed E-state index contributed by atoms with van der Waals surface area (Å²) in [6, 6.07) is 0. The van der Waals surface area contributed by atoms with Crippen LogP contribution < -0.4 is 5.69 Å². The van der Waals surface area contributed by atoms with Crippen LogP contribution in [0.25, 0.3) is 0 Å². The lowest BCUT2D eigenvalue weighted by Crippen LogP contribution is -2.38. The first-order chi connectivity index (χ1) is 10.0. The van der Waals surface area contributed by atoms with Gasteiger partial charge in [0.05, 0.1) is 0 Å². The van der Waals surface area contributed by atoms with E-state index in [9.17, 15) is 9.59 Å². The van der Waals surface area contributed by atoms with Crippen LogP contribution in [0.4, 0.5) is 0 Å². The molecule has 0 aliphatic carbocycles. The molecule has 1 aromatic heterocycles. The highest BCUT2D eigenvalue weighted by Crippen LogP contribution is 2.26. The smallest absolute Gasteiger partial charge is 0.343 e. The second kappa shape index (κ2) is 6.91. The average Bonchev–Trinajstić information content (AvgIpc) is 2.85. The highest BCUT2D eigenvalue weighted by molar-refractivity contribution is 5.76. The molecule has 0 spiro atoms. The van der Waals surface area contributed by atoms with Crippen LogP contribution in [0.1, 0.15) is 58.2 Å². The maximum atomic E-state index is 12.1. The lowest BCUT2D eigenvalue weighted by atomic mass is 9.95. The van der Waals surface area contributed by atoms with Crippen molar-refractivity contribution in [1.82, 2.24) is 19.7 Å². The number of nitrogens with zero attached hydrogens (tertiary/aromatic N) is 3. The Labute approximate surface area is 125 Å². The molecule has 1 aromatic rings. The molecule has 0 bridgehead atoms. The van der Waals surface area contributed by atoms with Crippen LogP contribution in [0.15, 0.2) is 4.79 Å². The number of aromatic nitrogens is 3. The summed E-state index contributed by atoms with van der Waals surface area (Å²) >= 11 is 0. The zero-order chi connectivity index (χ0) is 15.4. The van der Waals surface area contributed by atoms with E-state index in [1.165, 1.54) is 0 Å². The Balaban J connectivity index is 1.91. The number of nitrogens with one attached hydrogen (secondary N) is 1. The van der Waals surface area contributed by atoms with Gasteiger partial charge in [0.1, 0.15) is 5.82 Å². The van der Waals surface area contributed by atoms with Crippen molar-refractivity contribution in [1.29, 1.82) is 0 Å². The van der Waals surface area contributed by atoms with Crippen LogP contribution in [0.5, 0.6) is 0 Å². The fourth-order valence-electron chi connectivity index (χ4n) is 2.90. The zero-order valence-electron chi connectivity index (χ0n) is 13.3. The molecule has 6 nitrogen and oxygen atoms in total. The topological polar surface area (TPSA) is 71.0 Å². The number of likely N-dealkylation sites (tertiary alicyclic amines) is 1. The first kappa shape index (κ1) is 15.8. The highest BCUT2D eigenvalue weighted by atomic mass is 16.2. The molecule has 1 aliphatic heterocycles. The van der Waals surface area contributed by atoms with Crippen LogP contribution in [-0.4, -0.2) is 38.7 Å². The van der Waals surface area contributed by atoms with Crippen molar-refractivity contribution < 1.29 is 4.79 Å². The summed E-state index contributed by atoms with van der Waals surface area (Å²) < 4.78 is 1.70. The molecule has 1 amide bonds. The monoisotopic (exact) mass is 294 g/mol. The van der Waals surface area contributed by atoms with E-state index in [1.807, 2.05) is 11.8 Å². The molecule has 0 unspecified atom stereocenters. The Morgan fingerprint density at radius 1 is 1.38 bits per heavy atom. The van der Waals surface area contributed by atoms with Crippen molar-refractivity contribution >= 4 is 5.91 Å². The van der Waals surface area contributed by atoms with Crippen molar-refractivity contribution in [2.45, 2.75) is 58.9 Å². The van der Waals surface area contributed by atoms with Gasteiger partial charge in [0.2, 0.25) is 5.91 Å². The number of carbonyl (C=O) groups excluding carboxylic acids is 1. The average molecular weight is 294 g/mol. The molecule has 6 heteroatoms. The molecule has 0 aromatic carbocycles. The molecule has 1 saturated heterocycles. The molecule has 0 atom stereocenters. The largest absolute Gasteiger partial charge is 0.343 e. The van der Waals surface area contributed by atoms with Gasteiger partial charge in [-0.05, 0) is 32.1 Å². The molecule has 0 saturated carbocycles. The van der Waals surface area contributed by atoms with E-state index in [0.29, 0.717) is 18.9 Å². The maximum Gasteiger partial charge on any atom is 0.343 e. The summed E-state index contributed by atoms with van der Waals surface area (Å²) in [6.45, 7) is 8.41. The Morgan fingerprint density at radius 2 is 2.05 bits per heavy atom. The van der Waals surface area contributed by atoms with Crippen LogP contribution in [0.2, 0.25) is 0 Å². The predicted octanol–water partition coefficient (Wildman–Crippen LogP) is 1.73. The summed E-state index contributed by atoms with van der Waals surface area (Å²) in [5.41, 5.74) is -0.136. The predicted molar refractivity (Wildman–Crippen MR) is 81.1 cm³/mol. The Hall–Kier alpha value is -1.59. The number of hydrogen-bond acceptors (Lipinski definition) is 3. The van der Waals surface area contributed by atoms with E-state index in [2.05, 4.69) is 24.0 Å². The summed E-state index contributed by atoms with van der Waals surface area (Å²) in [5, 5.41) is 6.69. The molecule has 2 rings (SSSR count). The van der Waals surface area contributed by atoms with Gasteiger partial charge in [-0.2, -0.15) is 5.10 Å². The van der Waals surface area contributed by atoms with Gasteiger partial charge in [0.25, 0.3) is 0 Å². The lowest BCUT2D eigenvalue weighted by molar-refractivity contribution is -0.132. The van der Waals surface area contributed by atoms with Crippen molar-refractivity contribution in [2.75, 3.05) is 13.1 Å². The number of aromatic amines is 1. The van der Waals surface area contributed by atoms with Crippen molar-refractivity contribution in [3.63, 3.8) is 0 Å². The number of rotatable bonds is 5. The van der Waals surface area contributed by atoms with Crippen LogP contribution in [0.3, 0.4) is 0 Å². The summed E-state index contributed by atoms with van der Waals surface area (Å²) in [4.78, 5) is 25.7. The molecule has 0 radical (unpaired) electrons. The number of piperidine rings is 1. The maximum absolute atomic E-state index is 12.1. The van der Waals surface area contributed by atoms with Crippen molar-refractivity contribution in [3.8, 4) is 0 Å². The van der Waals surface area contributed by atoms with Gasteiger partial charge in [0.15, 0.2) is 0 Å². The Bertz CT molecular complexity index is 524. The molecule has 1 N–H and O–H groups in total. The zero-order valence-corrected chi connectivity index (χ0v) is 13.3. The number of hydrogen-bond donors (Lipinski definition) is 1. The second-order valence-corrected chi connectivity index (χ2v) is 6.22. The van der Waals surface area contributed by atoms with E-state index in [-0.39, 0.29) is 17.5 Å². The van der Waals surface area contributed by atoms with E-state index in [1.54, 1.807) is 4.57 Å². The van der Waals surface area contributed by atoms with Crippen LogP contribution >= 0.6 is 0 Å². The summed E-state index contributed by atoms with van der Waals surface area (Å²) in [7, 11) is 0. The molecule has 2 heterocycles. The molecule has 118 valence electrons. The fourth-order valence-corrected chi connectivity index (χ4v) is 2.90. The first-order valence-corrected chi connectivity index (χ1v) is 7.95. The van der Waals surface area contributed by atoms with Gasteiger partial charge in [-0.25, -0.2) is 9.89 Å². The van der Waals surface area contributed by atoms with E-state index >= 15 is 0 Å². The van der Waals surface area contributed by atoms with Gasteiger partial charge in [-0.1, -0.05) is 13.8 Å². The fraction of sp³-hybridized carbons (Fsp3) is 0.800. The normalized spacial score (nSPS) is 16.7. The Morgan fingerprint density at radius 3 is 2.62 bits per heavy atom. The summed E-state index contributed by atoms with van der Waals surface area (Å²) in [6.07, 6.45) is 3.37. The Kier molecular flexibility index (Phi) is 5.20. The third-order valence-corrected chi connectivity index (χ3v) is 4.25. The first-order valence-electron chi connectivity index (χ1n) is 7.95. The molecule has 21 heavy (non-hydrogen) atoms. The van der Waals surface area contributed by atoms with Gasteiger partial charge >= 0.3 is 5.69 Å². The van der Waals surface area contributed by atoms with Gasteiger partial charge in [-0.15, -0.1) is 0 Å². The van der Waals surface area contributed by atoms with Crippen molar-refractivity contribution in [2.24, 2.45) is 5.92 Å². The van der Waals surface area contributed by atoms with Crippen molar-refractivity contribution in [3.05, 3.63) is 16.3 Å². The molecular formula is C15H26N4O2. The lowest BCUT2D eigenvalue weighted by Gasteiger charge is -2.31. The highest BCUT2D eigenvalue weighted by Gasteiger charge is 2.27. The SMILES string of the molecule is CCn1c(C2CCN(C(=O)CCC(C)C)CC2)n[nH]c1=O. The third kappa shape index (κ3) is 3.74. The van der Waals surface area contributed by atoms with Crippen LogP contribution in [-0.2, 0) is 11.3 Å². The van der Waals surface area contributed by atoms with E-state index in [0.717, 1.165) is 38.2 Å². The van der Waals surface area contributed by atoms with Crippen LogP contribution in [0, 0.1) is 5.92 Å². The second-order valence-electron chi connectivity index (χ2n) is 6.22. The quantitative estimate of drug-likeness (QED) is 0.899. The molecule has 1 aliphatic rings. The van der Waals surface area contributed by atoms with Gasteiger partial charge < -0.3 is 4.90 Å². The number of carbonyl (C=O) groups is 1. The van der Waals surface area contributed by atoms with E-state index < -0.39 is 0 Å². The number of amides is 1. The summed E-state index contributed by atoms with van der Waals surface area (Å²) in [5.74, 6) is 1.95.